The highest BCUT2D eigenvalue weighted by molar-refractivity contribution is 6.33. The highest BCUT2D eigenvalue weighted by Crippen LogP contribution is 2.21. The Morgan fingerprint density at radius 1 is 1.10 bits per heavy atom. The van der Waals surface area contributed by atoms with Crippen molar-refractivity contribution in [3.8, 4) is 0 Å². The van der Waals surface area contributed by atoms with Gasteiger partial charge in [-0.2, -0.15) is 0 Å². The Bertz CT molecular complexity index is 680. The third kappa shape index (κ3) is 3.31. The van der Waals surface area contributed by atoms with E-state index < -0.39 is 0 Å². The van der Waals surface area contributed by atoms with Gasteiger partial charge in [-0.25, -0.2) is 4.98 Å². The van der Waals surface area contributed by atoms with Crippen LogP contribution in [0.25, 0.3) is 10.9 Å². The van der Waals surface area contributed by atoms with Gasteiger partial charge in [-0.15, -0.1) is 12.4 Å². The average Bonchev–Trinajstić information content (AvgIpc) is 2.84. The van der Waals surface area contributed by atoms with Crippen LogP contribution in [0, 0.1) is 0 Å². The maximum absolute atomic E-state index is 6.04. The molecule has 0 aliphatic carbocycles. The Hall–Kier alpha value is -1.55. The molecule has 0 unspecified atom stereocenters. The molecule has 3 aromatic rings. The van der Waals surface area contributed by atoms with Crippen LogP contribution in [0.2, 0.25) is 5.15 Å². The van der Waals surface area contributed by atoms with Crippen molar-refractivity contribution in [1.29, 1.82) is 0 Å². The van der Waals surface area contributed by atoms with Crippen LogP contribution < -0.4 is 5.32 Å². The molecule has 3 rings (SSSR count). The molecule has 0 spiro atoms. The molecule has 0 radical (unpaired) electrons. The predicted octanol–water partition coefficient (Wildman–Crippen LogP) is 3.93. The van der Waals surface area contributed by atoms with Crippen LogP contribution in [-0.2, 0) is 13.1 Å². The smallest absolute Gasteiger partial charge is 0.153 e. The Kier molecular flexibility index (Phi) is 5.01. The van der Waals surface area contributed by atoms with Crippen molar-refractivity contribution in [2.24, 2.45) is 0 Å². The van der Waals surface area contributed by atoms with Crippen LogP contribution in [0.4, 0.5) is 0 Å². The Morgan fingerprint density at radius 2 is 1.90 bits per heavy atom. The summed E-state index contributed by atoms with van der Waals surface area (Å²) < 4.78 is 0. The highest BCUT2D eigenvalue weighted by Gasteiger charge is 2.04. The second kappa shape index (κ2) is 6.75. The number of pyridine rings is 1. The van der Waals surface area contributed by atoms with Gasteiger partial charge in [0.05, 0.1) is 5.52 Å². The summed E-state index contributed by atoms with van der Waals surface area (Å²) in [4.78, 5) is 7.36. The van der Waals surface area contributed by atoms with Crippen molar-refractivity contribution in [3.05, 3.63) is 65.1 Å². The van der Waals surface area contributed by atoms with Crippen molar-refractivity contribution in [1.82, 2.24) is 15.3 Å². The maximum atomic E-state index is 6.04. The first-order valence-electron chi connectivity index (χ1n) is 6.20. The number of halogens is 2. The molecule has 0 saturated heterocycles. The Labute approximate surface area is 128 Å². The van der Waals surface area contributed by atoms with Gasteiger partial charge in [-0.3, -0.25) is 0 Å². The number of rotatable bonds is 4. The molecule has 2 heterocycles. The van der Waals surface area contributed by atoms with Crippen molar-refractivity contribution < 1.29 is 0 Å². The summed E-state index contributed by atoms with van der Waals surface area (Å²) in [5.74, 6) is 0. The van der Waals surface area contributed by atoms with Crippen molar-refractivity contribution in [3.63, 3.8) is 0 Å². The lowest BCUT2D eigenvalue weighted by Crippen LogP contribution is -2.12. The Morgan fingerprint density at radius 3 is 2.65 bits per heavy atom. The molecule has 0 saturated carbocycles. The van der Waals surface area contributed by atoms with Gasteiger partial charge in [-0.05, 0) is 17.7 Å². The number of H-pyrrole nitrogens is 1. The second-order valence-corrected chi connectivity index (χ2v) is 4.81. The molecule has 0 fully saturated rings. The minimum absolute atomic E-state index is 0. The number of benzene rings is 1. The fourth-order valence-corrected chi connectivity index (χ4v) is 2.32. The molecule has 104 valence electrons. The van der Waals surface area contributed by atoms with E-state index in [1.807, 2.05) is 24.3 Å². The summed E-state index contributed by atoms with van der Waals surface area (Å²) in [5.41, 5.74) is 3.29. The summed E-state index contributed by atoms with van der Waals surface area (Å²) in [6, 6.07) is 14.4. The number of hydrogen-bond acceptors (Lipinski definition) is 2. The summed E-state index contributed by atoms with van der Waals surface area (Å²) in [5, 5.41) is 5.02. The summed E-state index contributed by atoms with van der Waals surface area (Å²) >= 11 is 6.04. The van der Waals surface area contributed by atoms with E-state index in [-0.39, 0.29) is 12.4 Å². The fraction of sp³-hybridized carbons (Fsp3) is 0.133. The molecule has 2 aromatic heterocycles. The van der Waals surface area contributed by atoms with Gasteiger partial charge in [0.25, 0.3) is 0 Å². The highest BCUT2D eigenvalue weighted by atomic mass is 35.5. The molecule has 0 atom stereocenters. The summed E-state index contributed by atoms with van der Waals surface area (Å²) in [6.45, 7) is 1.63. The van der Waals surface area contributed by atoms with E-state index in [1.54, 1.807) is 6.20 Å². The molecule has 20 heavy (non-hydrogen) atoms. The molecule has 2 N–H and O–H groups in total. The molecule has 5 heteroatoms. The zero-order valence-electron chi connectivity index (χ0n) is 10.8. The molecule has 3 nitrogen and oxygen atoms in total. The zero-order valence-corrected chi connectivity index (χ0v) is 12.3. The van der Waals surface area contributed by atoms with E-state index in [1.165, 1.54) is 5.56 Å². The normalized spacial score (nSPS) is 10.4. The van der Waals surface area contributed by atoms with Crippen LogP contribution >= 0.6 is 24.0 Å². The number of fused-ring (bicyclic) bond motifs is 1. The number of nitrogens with one attached hydrogen (secondary N) is 2. The van der Waals surface area contributed by atoms with Crippen LogP contribution in [0.3, 0.4) is 0 Å². The quantitative estimate of drug-likeness (QED) is 0.717. The van der Waals surface area contributed by atoms with Gasteiger partial charge < -0.3 is 10.3 Å². The lowest BCUT2D eigenvalue weighted by molar-refractivity contribution is 0.683. The molecule has 1 aromatic carbocycles. The molecule has 0 aliphatic heterocycles. The van der Waals surface area contributed by atoms with Gasteiger partial charge in [0, 0.05) is 30.4 Å². The number of aromatic nitrogens is 2. The first-order valence-corrected chi connectivity index (χ1v) is 6.57. The van der Waals surface area contributed by atoms with Crippen LogP contribution in [0.15, 0.2) is 48.7 Å². The molecular weight excluding hydrogens is 293 g/mol. The monoisotopic (exact) mass is 307 g/mol. The SMILES string of the molecule is Cl.Clc1nccc2cc(CNCc3ccccc3)[nH]c12. The molecule has 0 aliphatic rings. The average molecular weight is 308 g/mol. The fourth-order valence-electron chi connectivity index (χ4n) is 2.11. The van der Waals surface area contributed by atoms with E-state index >= 15 is 0 Å². The van der Waals surface area contributed by atoms with Gasteiger partial charge in [0.15, 0.2) is 5.15 Å². The topological polar surface area (TPSA) is 40.7 Å². The Balaban J connectivity index is 0.00000147. The second-order valence-electron chi connectivity index (χ2n) is 4.45. The maximum Gasteiger partial charge on any atom is 0.153 e. The van der Waals surface area contributed by atoms with Gasteiger partial charge >= 0.3 is 0 Å². The largest absolute Gasteiger partial charge is 0.355 e. The van der Waals surface area contributed by atoms with Gasteiger partial charge in [0.1, 0.15) is 0 Å². The van der Waals surface area contributed by atoms with E-state index in [0.717, 1.165) is 29.7 Å². The number of nitrogens with zero attached hydrogens (tertiary/aromatic N) is 1. The molecule has 0 amide bonds. The number of hydrogen-bond donors (Lipinski definition) is 2. The van der Waals surface area contributed by atoms with Gasteiger partial charge in [0.2, 0.25) is 0 Å². The van der Waals surface area contributed by atoms with Crippen molar-refractivity contribution >= 4 is 34.9 Å². The van der Waals surface area contributed by atoms with E-state index in [0.29, 0.717) is 5.15 Å². The standard InChI is InChI=1S/C15H14ClN3.ClH/c16-15-14-12(6-7-18-15)8-13(19-14)10-17-9-11-4-2-1-3-5-11;/h1-8,17,19H,9-10H2;1H. The lowest BCUT2D eigenvalue weighted by atomic mass is 10.2. The van der Waals surface area contributed by atoms with Crippen molar-refractivity contribution in [2.75, 3.05) is 0 Å². The molecule has 0 bridgehead atoms. The third-order valence-corrected chi connectivity index (χ3v) is 3.33. The zero-order chi connectivity index (χ0) is 13.1. The van der Waals surface area contributed by atoms with Gasteiger partial charge in [-0.1, -0.05) is 41.9 Å². The van der Waals surface area contributed by atoms with E-state index in [2.05, 4.69) is 33.5 Å². The first-order chi connectivity index (χ1) is 9.33. The predicted molar refractivity (Wildman–Crippen MR) is 85.3 cm³/mol. The van der Waals surface area contributed by atoms with E-state index in [4.69, 9.17) is 11.6 Å². The number of aromatic amines is 1. The lowest BCUT2D eigenvalue weighted by Gasteiger charge is -2.03. The van der Waals surface area contributed by atoms with E-state index in [9.17, 15) is 0 Å². The minimum atomic E-state index is 0. The molecular formula is C15H15Cl2N3. The van der Waals surface area contributed by atoms with Crippen LogP contribution in [0.1, 0.15) is 11.3 Å². The third-order valence-electron chi connectivity index (χ3n) is 3.04. The van der Waals surface area contributed by atoms with Crippen LogP contribution in [-0.4, -0.2) is 9.97 Å². The van der Waals surface area contributed by atoms with Crippen LogP contribution in [0.5, 0.6) is 0 Å². The van der Waals surface area contributed by atoms with Crippen molar-refractivity contribution in [2.45, 2.75) is 13.1 Å². The summed E-state index contributed by atoms with van der Waals surface area (Å²) in [7, 11) is 0. The minimum Gasteiger partial charge on any atom is -0.355 e. The first kappa shape index (κ1) is 14.9. The summed E-state index contributed by atoms with van der Waals surface area (Å²) in [6.07, 6.45) is 1.72.